The second-order valence-corrected chi connectivity index (χ2v) is 20.5. The number of fused-ring (bicyclic) bond motifs is 11. The van der Waals surface area contributed by atoms with Crippen LogP contribution in [0.4, 0.5) is 17.1 Å². The molecule has 0 saturated carbocycles. The number of para-hydroxylation sites is 4. The minimum Gasteiger partial charge on any atom is -0.310 e. The Morgan fingerprint density at radius 2 is 0.824 bits per heavy atom. The summed E-state index contributed by atoms with van der Waals surface area (Å²) in [7, 11) is 0. The Morgan fingerprint density at radius 3 is 1.54 bits per heavy atom. The summed E-state index contributed by atoms with van der Waals surface area (Å²) in [4.78, 5) is 2.48. The predicted molar refractivity (Wildman–Crippen MR) is 313 cm³/mol. The zero-order valence-corrected chi connectivity index (χ0v) is 41.2. The topological polar surface area (TPSA) is 13.1 Å². The van der Waals surface area contributed by atoms with Crippen molar-refractivity contribution in [1.29, 1.82) is 0 Å². The maximum Gasteiger partial charge on any atom is 0.0547 e. The third kappa shape index (κ3) is 6.33. The number of rotatable bonds is 7. The molecular weight excluding hydrogens is 895 g/mol. The average Bonchev–Trinajstić information content (AvgIpc) is 4.08. The molecule has 0 fully saturated rings. The molecular formula is C71H49N3. The van der Waals surface area contributed by atoms with Crippen molar-refractivity contribution in [3.05, 3.63) is 272 Å². The van der Waals surface area contributed by atoms with Crippen molar-refractivity contribution in [3.8, 4) is 44.8 Å². The summed E-state index contributed by atoms with van der Waals surface area (Å²) in [5, 5.41) is 9.91. The fraction of sp³-hybridized carbons (Fsp3) is 0.0423. The van der Waals surface area contributed by atoms with Gasteiger partial charge in [0, 0.05) is 54.8 Å². The van der Waals surface area contributed by atoms with Crippen LogP contribution in [0.25, 0.3) is 110 Å². The molecule has 0 radical (unpaired) electrons. The Bertz CT molecular complexity index is 4510. The van der Waals surface area contributed by atoms with Crippen molar-refractivity contribution in [2.24, 2.45) is 0 Å². The van der Waals surface area contributed by atoms with Gasteiger partial charge in [0.15, 0.2) is 0 Å². The van der Waals surface area contributed by atoms with Crippen LogP contribution in [-0.4, -0.2) is 9.13 Å². The highest BCUT2D eigenvalue weighted by molar-refractivity contribution is 6.13. The molecule has 3 heteroatoms. The van der Waals surface area contributed by atoms with E-state index in [1.54, 1.807) is 0 Å². The summed E-state index contributed by atoms with van der Waals surface area (Å²) in [6.45, 7) is 4.81. The van der Waals surface area contributed by atoms with Crippen molar-refractivity contribution < 1.29 is 0 Å². The van der Waals surface area contributed by atoms with E-state index in [9.17, 15) is 0 Å². The second kappa shape index (κ2) is 16.3. The molecule has 15 rings (SSSR count). The molecule has 3 nitrogen and oxygen atoms in total. The van der Waals surface area contributed by atoms with E-state index in [-0.39, 0.29) is 5.41 Å². The molecule has 14 aromatic rings. The van der Waals surface area contributed by atoms with E-state index < -0.39 is 0 Å². The Hall–Kier alpha value is -9.44. The Labute approximate surface area is 430 Å². The SMILES string of the molecule is CC1(C)c2cc(-c3ccc4c5ccccc5n(-c5ccccc5)c4c3)ccc2-c2ccc(N(c3ccc(-c4cccc5ccccc45)cc3)c3ccc(-n4c5ccccc5c5ccccc54)c4ccccc34)cc21. The van der Waals surface area contributed by atoms with Gasteiger partial charge >= 0.3 is 0 Å². The van der Waals surface area contributed by atoms with Crippen molar-refractivity contribution in [3.63, 3.8) is 0 Å². The predicted octanol–water partition coefficient (Wildman–Crippen LogP) is 19.3. The van der Waals surface area contributed by atoms with E-state index in [0.29, 0.717) is 0 Å². The van der Waals surface area contributed by atoms with Crippen LogP contribution in [0.3, 0.4) is 0 Å². The number of benzene rings is 12. The van der Waals surface area contributed by atoms with E-state index in [1.807, 2.05) is 0 Å². The summed E-state index contributed by atoms with van der Waals surface area (Å²) >= 11 is 0. The maximum absolute atomic E-state index is 2.48. The maximum atomic E-state index is 2.48. The zero-order valence-electron chi connectivity index (χ0n) is 41.2. The minimum absolute atomic E-state index is 0.272. The summed E-state index contributed by atoms with van der Waals surface area (Å²) in [6.07, 6.45) is 0. The van der Waals surface area contributed by atoms with Gasteiger partial charge < -0.3 is 14.0 Å². The summed E-state index contributed by atoms with van der Waals surface area (Å²) < 4.78 is 4.86. The van der Waals surface area contributed by atoms with Gasteiger partial charge in [-0.3, -0.25) is 0 Å². The summed E-state index contributed by atoms with van der Waals surface area (Å²) in [5.41, 5.74) is 20.4. The standard InChI is InChI=1S/C71H49N3/c1-71(2)63-43-48(49-34-39-62-61-26-10-13-28-65(61)73(70(62)44-49)50-19-4-3-5-20-50)33-38-55(63)56-40-37-52(45-64(56)71)72(51-35-31-47(32-36-51)54-27-16-18-46-17-6-7-21-53(46)54)68-41-42-69(60-23-9-8-22-59(60)68)74-66-29-14-11-24-57(66)58-25-12-15-30-67(58)74/h3-45H,1-2H3. The molecule has 1 aliphatic rings. The first kappa shape index (κ1) is 42.3. The number of nitrogens with zero attached hydrogens (tertiary/aromatic N) is 3. The molecule has 0 bridgehead atoms. The van der Waals surface area contributed by atoms with Crippen LogP contribution in [0.15, 0.2) is 261 Å². The average molecular weight is 944 g/mol. The van der Waals surface area contributed by atoms with Gasteiger partial charge in [-0.15, -0.1) is 0 Å². The third-order valence-corrected chi connectivity index (χ3v) is 16.1. The normalized spacial score (nSPS) is 12.8. The lowest BCUT2D eigenvalue weighted by molar-refractivity contribution is 0.660. The number of hydrogen-bond acceptors (Lipinski definition) is 1. The lowest BCUT2D eigenvalue weighted by Gasteiger charge is -2.30. The quantitative estimate of drug-likeness (QED) is 0.155. The van der Waals surface area contributed by atoms with Crippen LogP contribution < -0.4 is 4.90 Å². The van der Waals surface area contributed by atoms with Gasteiger partial charge in [-0.05, 0) is 134 Å². The van der Waals surface area contributed by atoms with Crippen molar-refractivity contribution in [2.45, 2.75) is 19.3 Å². The minimum atomic E-state index is -0.272. The molecule has 0 N–H and O–H groups in total. The van der Waals surface area contributed by atoms with Gasteiger partial charge in [0.1, 0.15) is 0 Å². The molecule has 0 unspecified atom stereocenters. The number of anilines is 3. The molecule has 0 saturated heterocycles. The monoisotopic (exact) mass is 943 g/mol. The van der Waals surface area contributed by atoms with Crippen LogP contribution >= 0.6 is 0 Å². The Morgan fingerprint density at radius 1 is 0.311 bits per heavy atom. The molecule has 0 aliphatic heterocycles. The summed E-state index contributed by atoms with van der Waals surface area (Å²) in [6, 6.07) is 96.5. The molecule has 348 valence electrons. The van der Waals surface area contributed by atoms with Crippen LogP contribution in [0.1, 0.15) is 25.0 Å². The first-order valence-corrected chi connectivity index (χ1v) is 25.8. The third-order valence-electron chi connectivity index (χ3n) is 16.1. The van der Waals surface area contributed by atoms with Gasteiger partial charge in [-0.1, -0.05) is 196 Å². The van der Waals surface area contributed by atoms with Crippen molar-refractivity contribution in [1.82, 2.24) is 9.13 Å². The molecule has 12 aromatic carbocycles. The van der Waals surface area contributed by atoms with Crippen LogP contribution in [-0.2, 0) is 5.41 Å². The smallest absolute Gasteiger partial charge is 0.0547 e. The van der Waals surface area contributed by atoms with Gasteiger partial charge in [0.2, 0.25) is 0 Å². The highest BCUT2D eigenvalue weighted by Crippen LogP contribution is 2.53. The first-order valence-electron chi connectivity index (χ1n) is 25.8. The van der Waals surface area contributed by atoms with Crippen molar-refractivity contribution in [2.75, 3.05) is 4.90 Å². The van der Waals surface area contributed by atoms with Crippen LogP contribution in [0.2, 0.25) is 0 Å². The zero-order chi connectivity index (χ0) is 49.1. The van der Waals surface area contributed by atoms with Gasteiger partial charge in [0.25, 0.3) is 0 Å². The molecule has 0 spiro atoms. The van der Waals surface area contributed by atoms with Gasteiger partial charge in [-0.25, -0.2) is 0 Å². The fourth-order valence-corrected chi connectivity index (χ4v) is 12.6. The first-order chi connectivity index (χ1) is 36.5. The Balaban J connectivity index is 0.878. The molecule has 2 aromatic heterocycles. The Kier molecular flexibility index (Phi) is 9.31. The van der Waals surface area contributed by atoms with E-state index >= 15 is 0 Å². The fourth-order valence-electron chi connectivity index (χ4n) is 12.6. The van der Waals surface area contributed by atoms with E-state index in [0.717, 1.165) is 22.7 Å². The van der Waals surface area contributed by atoms with Crippen LogP contribution in [0.5, 0.6) is 0 Å². The molecule has 1 aliphatic carbocycles. The number of aromatic nitrogens is 2. The lowest BCUT2D eigenvalue weighted by Crippen LogP contribution is -2.17. The highest BCUT2D eigenvalue weighted by Gasteiger charge is 2.37. The largest absolute Gasteiger partial charge is 0.310 e. The highest BCUT2D eigenvalue weighted by atomic mass is 15.1. The van der Waals surface area contributed by atoms with Gasteiger partial charge in [-0.2, -0.15) is 0 Å². The van der Waals surface area contributed by atoms with Gasteiger partial charge in [0.05, 0.1) is 33.4 Å². The molecule has 0 atom stereocenters. The van der Waals surface area contributed by atoms with E-state index in [4.69, 9.17) is 0 Å². The van der Waals surface area contributed by atoms with Crippen molar-refractivity contribution >= 4 is 82.2 Å². The lowest BCUT2D eigenvalue weighted by atomic mass is 9.81. The summed E-state index contributed by atoms with van der Waals surface area (Å²) in [5.74, 6) is 0. The second-order valence-electron chi connectivity index (χ2n) is 20.5. The van der Waals surface area contributed by atoms with Crippen LogP contribution in [0, 0.1) is 0 Å². The van der Waals surface area contributed by atoms with E-state index in [2.05, 4.69) is 289 Å². The molecule has 74 heavy (non-hydrogen) atoms. The van der Waals surface area contributed by atoms with E-state index in [1.165, 1.54) is 115 Å². The molecule has 2 heterocycles. The molecule has 0 amide bonds. The number of hydrogen-bond donors (Lipinski definition) is 0.